The van der Waals surface area contributed by atoms with Gasteiger partial charge < -0.3 is 4.57 Å². The molecule has 0 saturated carbocycles. The number of thiazole rings is 1. The Morgan fingerprint density at radius 3 is 2.38 bits per heavy atom. The van der Waals surface area contributed by atoms with Crippen molar-refractivity contribution in [3.8, 4) is 11.3 Å². The van der Waals surface area contributed by atoms with E-state index in [0.29, 0.717) is 13.1 Å². The number of nitrogens with zero attached hydrogens (tertiary/aromatic N) is 3. The number of hydrogen-bond donors (Lipinski definition) is 0. The van der Waals surface area contributed by atoms with Crippen LogP contribution in [-0.4, -0.2) is 30.4 Å². The number of aromatic nitrogens is 1. The van der Waals surface area contributed by atoms with E-state index in [1.165, 1.54) is 15.6 Å². The fraction of sp³-hybridized carbons (Fsp3) is 0.250. The van der Waals surface area contributed by atoms with Gasteiger partial charge in [-0.05, 0) is 24.3 Å². The van der Waals surface area contributed by atoms with Crippen molar-refractivity contribution in [2.75, 3.05) is 13.1 Å². The first-order valence-electron chi connectivity index (χ1n) is 8.92. The molecule has 29 heavy (non-hydrogen) atoms. The van der Waals surface area contributed by atoms with Gasteiger partial charge in [0.2, 0.25) is 10.0 Å². The summed E-state index contributed by atoms with van der Waals surface area (Å²) >= 11 is 7.75. The smallest absolute Gasteiger partial charge is 0.244 e. The number of para-hydroxylation sites is 1. The van der Waals surface area contributed by atoms with Crippen LogP contribution in [-0.2, 0) is 17.1 Å². The molecule has 0 spiro atoms. The van der Waals surface area contributed by atoms with E-state index < -0.39 is 10.0 Å². The van der Waals surface area contributed by atoms with E-state index in [4.69, 9.17) is 11.6 Å². The van der Waals surface area contributed by atoms with Gasteiger partial charge in [-0.3, -0.25) is 0 Å². The van der Waals surface area contributed by atoms with Gasteiger partial charge in [0.25, 0.3) is 0 Å². The topological polar surface area (TPSA) is 54.7 Å². The highest BCUT2D eigenvalue weighted by Gasteiger charge is 2.25. The summed E-state index contributed by atoms with van der Waals surface area (Å²) in [6.45, 7) is 4.42. The lowest BCUT2D eigenvalue weighted by molar-refractivity contribution is 0.445. The molecule has 3 rings (SSSR count). The van der Waals surface area contributed by atoms with Crippen LogP contribution in [0.3, 0.4) is 0 Å². The SMILES string of the molecule is CCN(CC)S(=O)(=O)c1cc(-c2cs/c(=N/c3ccccc3)n2C)ccc1Cl.Cl. The lowest BCUT2D eigenvalue weighted by Gasteiger charge is -2.19. The first-order chi connectivity index (χ1) is 13.4. The molecular weight excluding hydrogens is 449 g/mol. The molecule has 0 unspecified atom stereocenters. The van der Waals surface area contributed by atoms with E-state index in [1.54, 1.807) is 12.1 Å². The average Bonchev–Trinajstić information content (AvgIpc) is 3.04. The van der Waals surface area contributed by atoms with Crippen LogP contribution < -0.4 is 4.80 Å². The predicted molar refractivity (Wildman–Crippen MR) is 123 cm³/mol. The van der Waals surface area contributed by atoms with Crippen LogP contribution in [0.5, 0.6) is 0 Å². The van der Waals surface area contributed by atoms with Crippen LogP contribution in [0, 0.1) is 0 Å². The van der Waals surface area contributed by atoms with Crippen molar-refractivity contribution >= 4 is 51.1 Å². The standard InChI is InChI=1S/C20H22ClN3O2S2.ClH/c1-4-24(5-2)28(25,26)19-13-15(11-12-17(19)21)18-14-27-20(23(18)3)22-16-9-7-6-8-10-16;/h6-14H,4-5H2,1-3H3;1H/b22-20+;. The van der Waals surface area contributed by atoms with Gasteiger partial charge in [0.1, 0.15) is 4.90 Å². The van der Waals surface area contributed by atoms with E-state index in [2.05, 4.69) is 4.99 Å². The third-order valence-corrected chi connectivity index (χ3v) is 7.90. The number of halogens is 2. The van der Waals surface area contributed by atoms with Gasteiger partial charge in [0.05, 0.1) is 16.4 Å². The maximum absolute atomic E-state index is 12.9. The molecule has 0 saturated heterocycles. The van der Waals surface area contributed by atoms with Crippen molar-refractivity contribution < 1.29 is 8.42 Å². The van der Waals surface area contributed by atoms with E-state index in [-0.39, 0.29) is 22.3 Å². The molecule has 0 aliphatic carbocycles. The first-order valence-corrected chi connectivity index (χ1v) is 11.6. The first kappa shape index (κ1) is 23.6. The van der Waals surface area contributed by atoms with E-state index in [0.717, 1.165) is 21.7 Å². The van der Waals surface area contributed by atoms with E-state index in [1.807, 2.05) is 67.2 Å². The van der Waals surface area contributed by atoms with Crippen molar-refractivity contribution in [1.82, 2.24) is 8.87 Å². The van der Waals surface area contributed by atoms with Gasteiger partial charge >= 0.3 is 0 Å². The second kappa shape index (κ2) is 9.91. The van der Waals surface area contributed by atoms with Crippen LogP contribution in [0.4, 0.5) is 5.69 Å². The molecule has 5 nitrogen and oxygen atoms in total. The van der Waals surface area contributed by atoms with Crippen LogP contribution in [0.2, 0.25) is 5.02 Å². The Labute approximate surface area is 186 Å². The molecule has 1 heterocycles. The summed E-state index contributed by atoms with van der Waals surface area (Å²) in [7, 11) is -1.73. The molecule has 0 aliphatic heterocycles. The molecular formula is C20H23Cl2N3O2S2. The zero-order valence-electron chi connectivity index (χ0n) is 16.4. The summed E-state index contributed by atoms with van der Waals surface area (Å²) in [6.07, 6.45) is 0. The molecule has 0 atom stereocenters. The molecule has 0 radical (unpaired) electrons. The summed E-state index contributed by atoms with van der Waals surface area (Å²) in [5.41, 5.74) is 2.53. The molecule has 156 valence electrons. The molecule has 0 fully saturated rings. The van der Waals surface area contributed by atoms with Crippen molar-refractivity contribution in [2.45, 2.75) is 18.7 Å². The average molecular weight is 472 g/mol. The molecule has 0 bridgehead atoms. The van der Waals surface area contributed by atoms with Crippen molar-refractivity contribution in [3.05, 3.63) is 63.7 Å². The summed E-state index contributed by atoms with van der Waals surface area (Å²) < 4.78 is 29.3. The van der Waals surface area contributed by atoms with Crippen LogP contribution in [0.25, 0.3) is 11.3 Å². The Hall–Kier alpha value is -1.64. The molecule has 1 aromatic heterocycles. The Bertz CT molecular complexity index is 1140. The van der Waals surface area contributed by atoms with Gasteiger partial charge in [0, 0.05) is 31.1 Å². The highest BCUT2D eigenvalue weighted by molar-refractivity contribution is 7.89. The molecule has 9 heteroatoms. The van der Waals surface area contributed by atoms with E-state index in [9.17, 15) is 8.42 Å². The van der Waals surface area contributed by atoms with Gasteiger partial charge in [-0.1, -0.05) is 49.7 Å². The van der Waals surface area contributed by atoms with Crippen LogP contribution in [0.15, 0.2) is 63.8 Å². The summed E-state index contributed by atoms with van der Waals surface area (Å²) in [4.78, 5) is 5.61. The van der Waals surface area contributed by atoms with Gasteiger partial charge in [0.15, 0.2) is 4.80 Å². The third-order valence-electron chi connectivity index (χ3n) is 4.46. The Morgan fingerprint density at radius 1 is 1.10 bits per heavy atom. The zero-order chi connectivity index (χ0) is 20.3. The minimum Gasteiger partial charge on any atom is -0.320 e. The number of benzene rings is 2. The Balaban J connectivity index is 0.00000300. The second-order valence-corrected chi connectivity index (χ2v) is 9.29. The molecule has 0 aliphatic rings. The number of hydrogen-bond acceptors (Lipinski definition) is 4. The second-order valence-electron chi connectivity index (χ2n) is 6.14. The summed E-state index contributed by atoms with van der Waals surface area (Å²) in [6, 6.07) is 14.8. The van der Waals surface area contributed by atoms with Crippen molar-refractivity contribution in [1.29, 1.82) is 0 Å². The monoisotopic (exact) mass is 471 g/mol. The quantitative estimate of drug-likeness (QED) is 0.502. The lowest BCUT2D eigenvalue weighted by Crippen LogP contribution is -2.30. The largest absolute Gasteiger partial charge is 0.320 e. The van der Waals surface area contributed by atoms with Crippen molar-refractivity contribution in [2.24, 2.45) is 12.0 Å². The fourth-order valence-electron chi connectivity index (χ4n) is 2.91. The van der Waals surface area contributed by atoms with Crippen molar-refractivity contribution in [3.63, 3.8) is 0 Å². The minimum atomic E-state index is -3.64. The van der Waals surface area contributed by atoms with Gasteiger partial charge in [-0.15, -0.1) is 23.7 Å². The lowest BCUT2D eigenvalue weighted by atomic mass is 10.2. The number of rotatable bonds is 6. The predicted octanol–water partition coefficient (Wildman–Crippen LogP) is 5.09. The summed E-state index contributed by atoms with van der Waals surface area (Å²) in [5.74, 6) is 0. The minimum absolute atomic E-state index is 0. The Morgan fingerprint density at radius 2 is 1.76 bits per heavy atom. The molecule has 0 N–H and O–H groups in total. The van der Waals surface area contributed by atoms with Gasteiger partial charge in [-0.25, -0.2) is 13.4 Å². The Kier molecular flexibility index (Phi) is 8.08. The maximum Gasteiger partial charge on any atom is 0.244 e. The molecule has 3 aromatic rings. The van der Waals surface area contributed by atoms with Gasteiger partial charge in [-0.2, -0.15) is 4.31 Å². The number of sulfonamides is 1. The summed E-state index contributed by atoms with van der Waals surface area (Å²) in [5, 5.41) is 2.20. The fourth-order valence-corrected chi connectivity index (χ4v) is 5.79. The highest BCUT2D eigenvalue weighted by Crippen LogP contribution is 2.30. The van der Waals surface area contributed by atoms with Crippen LogP contribution in [0.1, 0.15) is 13.8 Å². The highest BCUT2D eigenvalue weighted by atomic mass is 35.5. The zero-order valence-corrected chi connectivity index (χ0v) is 19.6. The normalized spacial score (nSPS) is 12.2. The third kappa shape index (κ3) is 4.92. The van der Waals surface area contributed by atoms with E-state index >= 15 is 0 Å². The molecule has 0 amide bonds. The molecule has 2 aromatic carbocycles. The maximum atomic E-state index is 12.9. The van der Waals surface area contributed by atoms with Crippen LogP contribution >= 0.6 is 35.3 Å².